The molecule has 0 aliphatic heterocycles. The van der Waals surface area contributed by atoms with E-state index in [4.69, 9.17) is 4.42 Å². The summed E-state index contributed by atoms with van der Waals surface area (Å²) in [6.45, 7) is 2.27. The number of aryl methyl sites for hydroxylation is 1. The molecule has 0 saturated carbocycles. The molecule has 1 amide bonds. The van der Waals surface area contributed by atoms with Gasteiger partial charge in [0.15, 0.2) is 11.6 Å². The topological polar surface area (TPSA) is 33.5 Å². The smallest absolute Gasteiger partial charge is 0.237 e. The number of furan rings is 1. The Hall–Kier alpha value is -2.60. The van der Waals surface area contributed by atoms with Crippen LogP contribution in [0.25, 0.3) is 0 Å². The van der Waals surface area contributed by atoms with Gasteiger partial charge in [-0.25, -0.2) is 8.78 Å². The summed E-state index contributed by atoms with van der Waals surface area (Å²) in [6, 6.07) is 14.8. The molecule has 3 nitrogen and oxygen atoms in total. The van der Waals surface area contributed by atoms with Gasteiger partial charge in [0, 0.05) is 10.6 Å². The maximum atomic E-state index is 13.3. The van der Waals surface area contributed by atoms with E-state index in [1.807, 2.05) is 31.2 Å². The van der Waals surface area contributed by atoms with Crippen LogP contribution in [0, 0.1) is 18.6 Å². The third-order valence-corrected chi connectivity index (χ3v) is 4.77. The molecule has 0 unspecified atom stereocenters. The summed E-state index contributed by atoms with van der Waals surface area (Å²) < 4.78 is 31.7. The van der Waals surface area contributed by atoms with Crippen LogP contribution in [-0.4, -0.2) is 11.7 Å². The summed E-state index contributed by atoms with van der Waals surface area (Å²) in [6.07, 6.45) is 1.56. The summed E-state index contributed by atoms with van der Waals surface area (Å²) in [7, 11) is 0. The molecule has 0 atom stereocenters. The second kappa shape index (κ2) is 8.19. The fourth-order valence-corrected chi connectivity index (χ4v) is 3.19. The van der Waals surface area contributed by atoms with Gasteiger partial charge in [-0.3, -0.25) is 4.79 Å². The first kappa shape index (κ1) is 18.2. The number of rotatable bonds is 6. The van der Waals surface area contributed by atoms with Crippen molar-refractivity contribution >= 4 is 23.4 Å². The standard InChI is InChI=1S/C20H17F2NO2S/c1-14-4-6-15(7-5-14)23(12-16-3-2-10-25-16)20(24)13-26-17-8-9-18(21)19(22)11-17/h2-11H,12-13H2,1H3. The van der Waals surface area contributed by atoms with Gasteiger partial charge in [0.25, 0.3) is 0 Å². The molecule has 3 aromatic rings. The first-order valence-corrected chi connectivity index (χ1v) is 8.99. The maximum absolute atomic E-state index is 13.3. The lowest BCUT2D eigenvalue weighted by Crippen LogP contribution is -2.31. The van der Waals surface area contributed by atoms with Gasteiger partial charge in [0.2, 0.25) is 5.91 Å². The molecule has 1 heterocycles. The SMILES string of the molecule is Cc1ccc(N(Cc2ccco2)C(=O)CSc2ccc(F)c(F)c2)cc1. The maximum Gasteiger partial charge on any atom is 0.237 e. The van der Waals surface area contributed by atoms with Crippen molar-refractivity contribution < 1.29 is 18.0 Å². The summed E-state index contributed by atoms with van der Waals surface area (Å²) in [5.74, 6) is -1.22. The van der Waals surface area contributed by atoms with E-state index >= 15 is 0 Å². The number of thioether (sulfide) groups is 1. The third kappa shape index (κ3) is 4.52. The van der Waals surface area contributed by atoms with Gasteiger partial charge in [-0.15, -0.1) is 11.8 Å². The molecule has 0 radical (unpaired) electrons. The van der Waals surface area contributed by atoms with Crippen molar-refractivity contribution in [1.82, 2.24) is 0 Å². The van der Waals surface area contributed by atoms with Gasteiger partial charge in [0.1, 0.15) is 5.76 Å². The molecule has 0 N–H and O–H groups in total. The van der Waals surface area contributed by atoms with Crippen molar-refractivity contribution in [2.24, 2.45) is 0 Å². The van der Waals surface area contributed by atoms with Crippen LogP contribution in [0.4, 0.5) is 14.5 Å². The first-order chi connectivity index (χ1) is 12.5. The molecular weight excluding hydrogens is 356 g/mol. The highest BCUT2D eigenvalue weighted by Crippen LogP contribution is 2.24. The van der Waals surface area contributed by atoms with Crippen LogP contribution in [-0.2, 0) is 11.3 Å². The molecule has 0 aliphatic carbocycles. The van der Waals surface area contributed by atoms with E-state index in [9.17, 15) is 13.6 Å². The zero-order valence-electron chi connectivity index (χ0n) is 14.1. The van der Waals surface area contributed by atoms with Gasteiger partial charge in [-0.2, -0.15) is 0 Å². The molecule has 0 fully saturated rings. The lowest BCUT2D eigenvalue weighted by molar-refractivity contribution is -0.116. The van der Waals surface area contributed by atoms with E-state index in [1.54, 1.807) is 23.3 Å². The minimum absolute atomic E-state index is 0.0969. The molecule has 0 saturated heterocycles. The second-order valence-electron chi connectivity index (χ2n) is 5.76. The average molecular weight is 373 g/mol. The Morgan fingerprint density at radius 1 is 1.08 bits per heavy atom. The number of halogens is 2. The highest BCUT2D eigenvalue weighted by Gasteiger charge is 2.18. The largest absolute Gasteiger partial charge is 0.467 e. The van der Waals surface area contributed by atoms with Crippen molar-refractivity contribution in [1.29, 1.82) is 0 Å². The molecule has 2 aromatic carbocycles. The Bertz CT molecular complexity index is 879. The van der Waals surface area contributed by atoms with Gasteiger partial charge < -0.3 is 9.32 Å². The zero-order chi connectivity index (χ0) is 18.5. The lowest BCUT2D eigenvalue weighted by Gasteiger charge is -2.22. The van der Waals surface area contributed by atoms with E-state index in [0.717, 1.165) is 35.1 Å². The molecule has 0 spiro atoms. The highest BCUT2D eigenvalue weighted by molar-refractivity contribution is 8.00. The number of benzene rings is 2. The Kier molecular flexibility index (Phi) is 5.73. The molecule has 26 heavy (non-hydrogen) atoms. The van der Waals surface area contributed by atoms with E-state index in [0.29, 0.717) is 17.2 Å². The summed E-state index contributed by atoms with van der Waals surface area (Å²) >= 11 is 1.16. The molecule has 6 heteroatoms. The van der Waals surface area contributed by atoms with Gasteiger partial charge in [-0.05, 0) is 49.4 Å². The van der Waals surface area contributed by atoms with Crippen molar-refractivity contribution in [2.75, 3.05) is 10.7 Å². The van der Waals surface area contributed by atoms with Crippen molar-refractivity contribution in [3.05, 3.63) is 83.8 Å². The lowest BCUT2D eigenvalue weighted by atomic mass is 10.2. The number of nitrogens with zero attached hydrogens (tertiary/aromatic N) is 1. The Morgan fingerprint density at radius 3 is 2.50 bits per heavy atom. The number of anilines is 1. The quantitative estimate of drug-likeness (QED) is 0.558. The number of hydrogen-bond donors (Lipinski definition) is 0. The fourth-order valence-electron chi connectivity index (χ4n) is 2.40. The predicted molar refractivity (Wildman–Crippen MR) is 98.2 cm³/mol. The van der Waals surface area contributed by atoms with E-state index in [1.165, 1.54) is 6.07 Å². The van der Waals surface area contributed by atoms with Gasteiger partial charge >= 0.3 is 0 Å². The molecule has 0 bridgehead atoms. The van der Waals surface area contributed by atoms with Crippen molar-refractivity contribution in [2.45, 2.75) is 18.4 Å². The fraction of sp³-hybridized carbons (Fsp3) is 0.150. The van der Waals surface area contributed by atoms with E-state index < -0.39 is 11.6 Å². The molecule has 1 aromatic heterocycles. The number of carbonyl (C=O) groups is 1. The van der Waals surface area contributed by atoms with Gasteiger partial charge in [0.05, 0.1) is 18.6 Å². The number of hydrogen-bond acceptors (Lipinski definition) is 3. The normalized spacial score (nSPS) is 10.7. The molecular formula is C20H17F2NO2S. The summed E-state index contributed by atoms with van der Waals surface area (Å²) in [4.78, 5) is 14.9. The van der Waals surface area contributed by atoms with E-state index in [2.05, 4.69) is 0 Å². The third-order valence-electron chi connectivity index (χ3n) is 3.79. The highest BCUT2D eigenvalue weighted by atomic mass is 32.2. The summed E-state index contributed by atoms with van der Waals surface area (Å²) in [5, 5.41) is 0. The van der Waals surface area contributed by atoms with Crippen molar-refractivity contribution in [3.8, 4) is 0 Å². The minimum Gasteiger partial charge on any atom is -0.467 e. The Balaban J connectivity index is 1.75. The van der Waals surface area contributed by atoms with Crippen LogP contribution < -0.4 is 4.90 Å². The summed E-state index contributed by atoms with van der Waals surface area (Å²) in [5.41, 5.74) is 1.85. The van der Waals surface area contributed by atoms with Crippen LogP contribution in [0.5, 0.6) is 0 Å². The minimum atomic E-state index is -0.923. The Morgan fingerprint density at radius 2 is 1.85 bits per heavy atom. The number of amides is 1. The monoisotopic (exact) mass is 373 g/mol. The zero-order valence-corrected chi connectivity index (χ0v) is 14.9. The van der Waals surface area contributed by atoms with Crippen LogP contribution in [0.2, 0.25) is 0 Å². The van der Waals surface area contributed by atoms with Gasteiger partial charge in [-0.1, -0.05) is 17.7 Å². The van der Waals surface area contributed by atoms with Crippen LogP contribution in [0.15, 0.2) is 70.2 Å². The van der Waals surface area contributed by atoms with Crippen LogP contribution >= 0.6 is 11.8 Å². The Labute approximate surface area is 154 Å². The molecule has 0 aliphatic rings. The molecule has 3 rings (SSSR count). The first-order valence-electron chi connectivity index (χ1n) is 8.00. The molecule has 134 valence electrons. The van der Waals surface area contributed by atoms with Crippen LogP contribution in [0.3, 0.4) is 0 Å². The number of carbonyl (C=O) groups excluding carboxylic acids is 1. The predicted octanol–water partition coefficient (Wildman–Crippen LogP) is 5.19. The second-order valence-corrected chi connectivity index (χ2v) is 6.81. The van der Waals surface area contributed by atoms with Crippen LogP contribution in [0.1, 0.15) is 11.3 Å². The van der Waals surface area contributed by atoms with E-state index in [-0.39, 0.29) is 11.7 Å². The van der Waals surface area contributed by atoms with Crippen molar-refractivity contribution in [3.63, 3.8) is 0 Å². The average Bonchev–Trinajstić information content (AvgIpc) is 3.14.